The molecule has 1 N–H and O–H groups in total. The number of aromatic nitrogens is 2. The fourth-order valence-corrected chi connectivity index (χ4v) is 2.52. The van der Waals surface area contributed by atoms with Crippen LogP contribution in [0.2, 0.25) is 0 Å². The highest BCUT2D eigenvalue weighted by Gasteiger charge is 2.00. The Hall–Kier alpha value is -2.23. The van der Waals surface area contributed by atoms with E-state index in [4.69, 9.17) is 0 Å². The maximum atomic E-state index is 4.45. The van der Waals surface area contributed by atoms with Crippen molar-refractivity contribution in [1.29, 1.82) is 0 Å². The fraction of sp³-hybridized carbons (Fsp3) is 0.200. The second-order valence-electron chi connectivity index (χ2n) is 5.70. The predicted octanol–water partition coefficient (Wildman–Crippen LogP) is 4.21. The Bertz CT molecular complexity index is 742. The molecule has 0 unspecified atom stereocenters. The second-order valence-corrected chi connectivity index (χ2v) is 5.70. The molecule has 2 aromatic carbocycles. The van der Waals surface area contributed by atoms with E-state index in [9.17, 15) is 0 Å². The van der Waals surface area contributed by atoms with Gasteiger partial charge in [0.05, 0.1) is 0 Å². The largest absolute Gasteiger partial charge is 0.312 e. The van der Waals surface area contributed by atoms with Crippen LogP contribution in [0.3, 0.4) is 0 Å². The van der Waals surface area contributed by atoms with E-state index >= 15 is 0 Å². The lowest BCUT2D eigenvalue weighted by atomic mass is 10.1. The van der Waals surface area contributed by atoms with E-state index in [1.54, 1.807) is 0 Å². The van der Waals surface area contributed by atoms with Gasteiger partial charge in [-0.3, -0.25) is 0 Å². The smallest absolute Gasteiger partial charge is 0.159 e. The SMILES string of the molecule is Cc1cccc(CCNCc2cnc(-c3ccccc3)nc2)c1.Cl. The molecular weight excluding hydrogens is 318 g/mol. The summed E-state index contributed by atoms with van der Waals surface area (Å²) in [6.45, 7) is 3.87. The average Bonchev–Trinajstić information content (AvgIpc) is 2.60. The van der Waals surface area contributed by atoms with Crippen LogP contribution < -0.4 is 5.32 Å². The summed E-state index contributed by atoms with van der Waals surface area (Å²) in [5.74, 6) is 0.772. The van der Waals surface area contributed by atoms with Crippen LogP contribution in [-0.4, -0.2) is 16.5 Å². The van der Waals surface area contributed by atoms with Crippen LogP contribution in [0.5, 0.6) is 0 Å². The summed E-state index contributed by atoms with van der Waals surface area (Å²) in [7, 11) is 0. The fourth-order valence-electron chi connectivity index (χ4n) is 2.52. The zero-order valence-electron chi connectivity index (χ0n) is 13.8. The molecule has 0 bridgehead atoms. The highest BCUT2D eigenvalue weighted by Crippen LogP contribution is 2.13. The van der Waals surface area contributed by atoms with Gasteiger partial charge in [-0.05, 0) is 25.5 Å². The van der Waals surface area contributed by atoms with Crippen molar-refractivity contribution >= 4 is 12.4 Å². The number of aryl methyl sites for hydroxylation is 1. The van der Waals surface area contributed by atoms with Crippen molar-refractivity contribution in [1.82, 2.24) is 15.3 Å². The number of nitrogens with zero attached hydrogens (tertiary/aromatic N) is 2. The molecule has 0 aliphatic heterocycles. The molecule has 0 saturated carbocycles. The van der Waals surface area contributed by atoms with Gasteiger partial charge in [-0.1, -0.05) is 60.2 Å². The minimum atomic E-state index is 0. The van der Waals surface area contributed by atoms with E-state index in [0.29, 0.717) is 0 Å². The zero-order valence-corrected chi connectivity index (χ0v) is 14.6. The van der Waals surface area contributed by atoms with Crippen LogP contribution in [0, 0.1) is 6.92 Å². The Balaban J connectivity index is 0.00000208. The number of nitrogens with one attached hydrogen (secondary N) is 1. The van der Waals surface area contributed by atoms with Crippen LogP contribution in [-0.2, 0) is 13.0 Å². The normalized spacial score (nSPS) is 10.2. The van der Waals surface area contributed by atoms with Crippen LogP contribution in [0.4, 0.5) is 0 Å². The van der Waals surface area contributed by atoms with Gasteiger partial charge in [0.25, 0.3) is 0 Å². The van der Waals surface area contributed by atoms with Crippen molar-refractivity contribution in [2.24, 2.45) is 0 Å². The molecule has 24 heavy (non-hydrogen) atoms. The summed E-state index contributed by atoms with van der Waals surface area (Å²) in [4.78, 5) is 8.89. The summed E-state index contributed by atoms with van der Waals surface area (Å²) >= 11 is 0. The first kappa shape index (κ1) is 18.1. The maximum absolute atomic E-state index is 4.45. The topological polar surface area (TPSA) is 37.8 Å². The van der Waals surface area contributed by atoms with E-state index < -0.39 is 0 Å². The third-order valence-electron chi connectivity index (χ3n) is 3.74. The van der Waals surface area contributed by atoms with E-state index in [1.807, 2.05) is 42.7 Å². The molecule has 0 aliphatic rings. The quantitative estimate of drug-likeness (QED) is 0.684. The Morgan fingerprint density at radius 3 is 2.33 bits per heavy atom. The summed E-state index contributed by atoms with van der Waals surface area (Å²) in [6, 6.07) is 18.7. The number of rotatable bonds is 6. The number of benzene rings is 2. The highest BCUT2D eigenvalue weighted by atomic mass is 35.5. The first-order chi connectivity index (χ1) is 11.3. The molecule has 0 fully saturated rings. The van der Waals surface area contributed by atoms with E-state index in [-0.39, 0.29) is 12.4 Å². The lowest BCUT2D eigenvalue weighted by Gasteiger charge is -2.06. The van der Waals surface area contributed by atoms with Gasteiger partial charge < -0.3 is 5.32 Å². The van der Waals surface area contributed by atoms with Gasteiger partial charge in [-0.15, -0.1) is 12.4 Å². The summed E-state index contributed by atoms with van der Waals surface area (Å²) in [5.41, 5.74) is 4.83. The lowest BCUT2D eigenvalue weighted by molar-refractivity contribution is 0.683. The lowest BCUT2D eigenvalue weighted by Crippen LogP contribution is -2.17. The molecule has 1 aromatic heterocycles. The van der Waals surface area contributed by atoms with Crippen molar-refractivity contribution in [2.75, 3.05) is 6.54 Å². The van der Waals surface area contributed by atoms with E-state index in [1.165, 1.54) is 11.1 Å². The molecule has 3 rings (SSSR count). The van der Waals surface area contributed by atoms with Gasteiger partial charge in [0.2, 0.25) is 0 Å². The van der Waals surface area contributed by atoms with Crippen molar-refractivity contribution in [3.05, 3.63) is 83.7 Å². The first-order valence-corrected chi connectivity index (χ1v) is 7.94. The summed E-state index contributed by atoms with van der Waals surface area (Å²) in [6.07, 6.45) is 4.83. The van der Waals surface area contributed by atoms with Gasteiger partial charge in [0.1, 0.15) is 0 Å². The highest BCUT2D eigenvalue weighted by molar-refractivity contribution is 5.85. The van der Waals surface area contributed by atoms with Crippen molar-refractivity contribution in [3.8, 4) is 11.4 Å². The third kappa shape index (κ3) is 5.15. The zero-order chi connectivity index (χ0) is 15.9. The number of halogens is 1. The molecule has 3 nitrogen and oxygen atoms in total. The standard InChI is InChI=1S/C20H21N3.ClH/c1-16-6-5-7-17(12-16)10-11-21-13-18-14-22-20(23-15-18)19-8-3-2-4-9-19;/h2-9,12,14-15,21H,10-11,13H2,1H3;1H. The molecular formula is C20H22ClN3. The van der Waals surface area contributed by atoms with Gasteiger partial charge in [-0.2, -0.15) is 0 Å². The Morgan fingerprint density at radius 1 is 0.875 bits per heavy atom. The van der Waals surface area contributed by atoms with Crippen LogP contribution in [0.1, 0.15) is 16.7 Å². The van der Waals surface area contributed by atoms with Gasteiger partial charge >= 0.3 is 0 Å². The Labute approximate surface area is 149 Å². The average molecular weight is 340 g/mol. The van der Waals surface area contributed by atoms with Crippen LogP contribution in [0.25, 0.3) is 11.4 Å². The molecule has 0 atom stereocenters. The third-order valence-corrected chi connectivity index (χ3v) is 3.74. The molecule has 124 valence electrons. The Kier molecular flexibility index (Phi) is 6.91. The molecule has 0 radical (unpaired) electrons. The van der Waals surface area contributed by atoms with Gasteiger partial charge in [-0.25, -0.2) is 9.97 Å². The molecule has 0 amide bonds. The molecule has 0 saturated heterocycles. The van der Waals surface area contributed by atoms with E-state index in [0.717, 1.165) is 36.5 Å². The van der Waals surface area contributed by atoms with Crippen molar-refractivity contribution < 1.29 is 0 Å². The monoisotopic (exact) mass is 339 g/mol. The van der Waals surface area contributed by atoms with Gasteiger partial charge in [0.15, 0.2) is 5.82 Å². The molecule has 3 aromatic rings. The molecule has 1 heterocycles. The molecule has 0 spiro atoms. The van der Waals surface area contributed by atoms with Gasteiger partial charge in [0, 0.05) is 30.1 Å². The first-order valence-electron chi connectivity index (χ1n) is 7.94. The summed E-state index contributed by atoms with van der Waals surface area (Å²) in [5, 5.41) is 3.45. The van der Waals surface area contributed by atoms with E-state index in [2.05, 4.69) is 46.5 Å². The minimum absolute atomic E-state index is 0. The summed E-state index contributed by atoms with van der Waals surface area (Å²) < 4.78 is 0. The van der Waals surface area contributed by atoms with Crippen molar-refractivity contribution in [2.45, 2.75) is 19.9 Å². The van der Waals surface area contributed by atoms with Crippen molar-refractivity contribution in [3.63, 3.8) is 0 Å². The maximum Gasteiger partial charge on any atom is 0.159 e. The van der Waals surface area contributed by atoms with Crippen LogP contribution >= 0.6 is 12.4 Å². The Morgan fingerprint density at radius 2 is 1.62 bits per heavy atom. The molecule has 4 heteroatoms. The van der Waals surface area contributed by atoms with Crippen LogP contribution in [0.15, 0.2) is 67.0 Å². The molecule has 0 aliphatic carbocycles. The number of hydrogen-bond donors (Lipinski definition) is 1. The number of hydrogen-bond acceptors (Lipinski definition) is 3. The second kappa shape index (κ2) is 9.16. The minimum Gasteiger partial charge on any atom is -0.312 e. The predicted molar refractivity (Wildman–Crippen MR) is 101 cm³/mol.